The molecule has 0 saturated heterocycles. The zero-order valence-electron chi connectivity index (χ0n) is 46.8. The van der Waals surface area contributed by atoms with E-state index in [1.54, 1.807) is 24.3 Å². The number of hydrogen-bond donors (Lipinski definition) is 0. The van der Waals surface area contributed by atoms with Gasteiger partial charge in [-0.15, -0.1) is 0 Å². The average molecular weight is 1220 g/mol. The number of carbonyl (C=O) groups is 1. The van der Waals surface area contributed by atoms with Gasteiger partial charge in [-0.25, -0.2) is 8.78 Å². The fraction of sp³-hybridized carbons (Fsp3) is 0.768. The Labute approximate surface area is 472 Å². The number of hydrogen-bond acceptors (Lipinski definition) is 16. The fourth-order valence-corrected chi connectivity index (χ4v) is 17.4. The number of rotatable bonds is 16. The molecule has 9 rings (SSSR count). The third-order valence-electron chi connectivity index (χ3n) is 16.5. The van der Waals surface area contributed by atoms with Gasteiger partial charge in [-0.05, 0) is 125 Å². The summed E-state index contributed by atoms with van der Waals surface area (Å²) in [5.74, 6) is 0.369. The predicted octanol–water partition coefficient (Wildman–Crippen LogP) is 12.2. The number of benzene rings is 2. The zero-order valence-corrected chi connectivity index (χ0v) is 50.9. The number of fused-ring (bicyclic) bond motifs is 2. The van der Waals surface area contributed by atoms with Gasteiger partial charge in [0.2, 0.25) is 6.01 Å². The van der Waals surface area contributed by atoms with Gasteiger partial charge in [0.1, 0.15) is 12.5 Å². The number of ketones is 1. The smallest absolute Gasteiger partial charge is 0.297 e. The van der Waals surface area contributed by atoms with Gasteiger partial charge in [0.05, 0.1) is 57.7 Å². The van der Waals surface area contributed by atoms with E-state index >= 15 is 0 Å². The van der Waals surface area contributed by atoms with E-state index in [1.165, 1.54) is 37.1 Å². The lowest BCUT2D eigenvalue weighted by atomic mass is 9.70. The lowest BCUT2D eigenvalue weighted by Gasteiger charge is -2.36. The first-order chi connectivity index (χ1) is 37.2. The molecule has 79 heavy (non-hydrogen) atoms. The normalized spacial score (nSPS) is 23.9. The molecule has 16 nitrogen and oxygen atoms in total. The number of carbonyl (C=O) groups excluding carboxylic acids is 1. The van der Waals surface area contributed by atoms with Crippen LogP contribution in [0.1, 0.15) is 205 Å². The molecular formula is C56H88F2O16S5. The minimum absolute atomic E-state index is 0.0428. The van der Waals surface area contributed by atoms with Crippen LogP contribution < -0.4 is 0 Å². The second kappa shape index (κ2) is 30.9. The Morgan fingerprint density at radius 1 is 0.468 bits per heavy atom. The van der Waals surface area contributed by atoms with Gasteiger partial charge in [-0.3, -0.25) is 25.7 Å². The van der Waals surface area contributed by atoms with E-state index in [0.717, 1.165) is 166 Å². The first kappa shape index (κ1) is 67.3. The highest BCUT2D eigenvalue weighted by atomic mass is 32.2. The SMILES string of the molecule is CC1(C)C2CCC1(CS(=O)(=O)OC1CCCCC1)C(=O)C2.CS(=O)(=O)OC1CCCCC1.Cc1ccc(S(=O)(=O)OC2CCCCC2)cc1.O=S(=O)(CF)OC1CCCCC1.O=S(=O)(OC1CCCCC1)c1ccc(CF)cc1. The standard InChI is InChI=1S/C16H26O4S.C13H17FO3S.C13H18O3S.C7H13FO3S.C7H14O3S/c1-15(2)12-8-9-16(15,14(17)10-12)11-21(18,19)20-13-6-4-3-5-7-13;14-10-11-6-8-13(9-7-11)18(15,16)17-12-4-2-1-3-5-12;1-11-7-9-13(10-8-11)17(14,15)16-12-5-3-2-4-6-12;8-6-12(9,10)11-7-4-2-1-3-5-7;1-11(8,9)10-7-5-3-2-4-6-7/h12-13H,3-11H2,1-2H3;6-9,12H,1-5,10H2;7-10,12H,2-6H2,1H3;7H,1-6H2;7H,2-6H2,1H3. The summed E-state index contributed by atoms with van der Waals surface area (Å²) in [6, 6.07) is 11.1. The van der Waals surface area contributed by atoms with Crippen molar-refractivity contribution >= 4 is 56.4 Å². The molecular weight excluding hydrogens is 1130 g/mol. The predicted molar refractivity (Wildman–Crippen MR) is 299 cm³/mol. The van der Waals surface area contributed by atoms with Crippen molar-refractivity contribution in [1.29, 1.82) is 0 Å². The van der Waals surface area contributed by atoms with Crippen LogP contribution in [-0.4, -0.2) is 96.4 Å². The van der Waals surface area contributed by atoms with Gasteiger partial charge in [0.25, 0.3) is 50.6 Å². The van der Waals surface area contributed by atoms with Crippen LogP contribution in [0.3, 0.4) is 0 Å². The third kappa shape index (κ3) is 21.9. The van der Waals surface area contributed by atoms with Crippen molar-refractivity contribution in [2.75, 3.05) is 18.0 Å². The summed E-state index contributed by atoms with van der Waals surface area (Å²) >= 11 is 0. The Hall–Kier alpha value is -2.48. The zero-order chi connectivity index (χ0) is 58.0. The Morgan fingerprint density at radius 2 is 0.810 bits per heavy atom. The summed E-state index contributed by atoms with van der Waals surface area (Å²) in [5.41, 5.74) is 0.589. The van der Waals surface area contributed by atoms with E-state index < -0.39 is 68.7 Å². The molecule has 2 unspecified atom stereocenters. The first-order valence-electron chi connectivity index (χ1n) is 28.6. The summed E-state index contributed by atoms with van der Waals surface area (Å²) < 4.78 is 165. The van der Waals surface area contributed by atoms with E-state index in [0.29, 0.717) is 24.3 Å². The second-order valence-corrected chi connectivity index (χ2v) is 30.9. The van der Waals surface area contributed by atoms with Crippen molar-refractivity contribution in [2.24, 2.45) is 16.7 Å². The molecule has 7 aliphatic rings. The largest absolute Gasteiger partial charge is 0.299 e. The Balaban J connectivity index is 0.000000185. The van der Waals surface area contributed by atoms with E-state index in [2.05, 4.69) is 18.0 Å². The van der Waals surface area contributed by atoms with Gasteiger partial charge in [-0.2, -0.15) is 42.1 Å². The topological polar surface area (TPSA) is 234 Å². The maximum absolute atomic E-state index is 12.5. The summed E-state index contributed by atoms with van der Waals surface area (Å²) in [7, 11) is -18.0. The summed E-state index contributed by atoms with van der Waals surface area (Å²) in [4.78, 5) is 12.8. The van der Waals surface area contributed by atoms with Crippen LogP contribution in [0.15, 0.2) is 58.3 Å². The monoisotopic (exact) mass is 1210 g/mol. The van der Waals surface area contributed by atoms with Crippen molar-refractivity contribution in [1.82, 2.24) is 0 Å². The molecule has 2 aromatic rings. The van der Waals surface area contributed by atoms with Crippen molar-refractivity contribution in [3.63, 3.8) is 0 Å². The van der Waals surface area contributed by atoms with Gasteiger partial charge in [0.15, 0.2) is 0 Å². The molecule has 2 bridgehead atoms. The van der Waals surface area contributed by atoms with E-state index in [9.17, 15) is 55.7 Å². The molecule has 7 aliphatic carbocycles. The third-order valence-corrected chi connectivity index (χ3v) is 22.2. The Morgan fingerprint density at radius 3 is 1.13 bits per heavy atom. The van der Waals surface area contributed by atoms with Crippen LogP contribution in [0, 0.1) is 23.7 Å². The highest BCUT2D eigenvalue weighted by Crippen LogP contribution is 2.64. The number of alkyl halides is 2. The van der Waals surface area contributed by atoms with E-state index in [-0.39, 0.29) is 57.3 Å². The molecule has 0 aliphatic heterocycles. The number of halogens is 2. The number of Topliss-reactive ketones (excluding diaryl/α,β-unsaturated/α-hetero) is 1. The average Bonchev–Trinajstić information content (AvgIpc) is 3.98. The molecule has 23 heteroatoms. The summed E-state index contributed by atoms with van der Waals surface area (Å²) in [6.45, 7) is 5.46. The molecule has 0 aromatic heterocycles. The highest BCUT2D eigenvalue weighted by molar-refractivity contribution is 7.87. The van der Waals surface area contributed by atoms with Crippen LogP contribution in [-0.2, 0) is 83.0 Å². The fourth-order valence-electron chi connectivity index (χ4n) is 11.9. The van der Waals surface area contributed by atoms with Crippen LogP contribution in [0.25, 0.3) is 0 Å². The molecule has 452 valence electrons. The van der Waals surface area contributed by atoms with Crippen LogP contribution in [0.2, 0.25) is 0 Å². The maximum atomic E-state index is 12.5. The summed E-state index contributed by atoms with van der Waals surface area (Å²) in [5, 5.41) is 0. The van der Waals surface area contributed by atoms with Crippen LogP contribution in [0.4, 0.5) is 8.78 Å². The van der Waals surface area contributed by atoms with Crippen molar-refractivity contribution in [2.45, 2.75) is 248 Å². The highest BCUT2D eigenvalue weighted by Gasteiger charge is 2.65. The molecule has 2 aromatic carbocycles. The summed E-state index contributed by atoms with van der Waals surface area (Å²) in [6.07, 6.45) is 26.9. The lowest BCUT2D eigenvalue weighted by molar-refractivity contribution is -0.128. The minimum Gasteiger partial charge on any atom is -0.299 e. The molecule has 0 amide bonds. The molecule has 0 heterocycles. The van der Waals surface area contributed by atoms with Gasteiger partial charge in [-0.1, -0.05) is 140 Å². The number of aryl methyl sites for hydroxylation is 1. The molecule has 0 radical (unpaired) electrons. The van der Waals surface area contributed by atoms with Crippen LogP contribution >= 0.6 is 0 Å². The minimum atomic E-state index is -3.89. The van der Waals surface area contributed by atoms with Crippen molar-refractivity contribution < 1.29 is 76.6 Å². The van der Waals surface area contributed by atoms with Gasteiger partial charge < -0.3 is 0 Å². The molecule has 7 saturated carbocycles. The first-order valence-corrected chi connectivity index (χ1v) is 36.3. The Bertz CT molecular complexity index is 2750. The molecule has 7 fully saturated rings. The van der Waals surface area contributed by atoms with Gasteiger partial charge in [0, 0.05) is 6.42 Å². The maximum Gasteiger partial charge on any atom is 0.297 e. The molecule has 0 spiro atoms. The van der Waals surface area contributed by atoms with Crippen molar-refractivity contribution in [3.8, 4) is 0 Å². The van der Waals surface area contributed by atoms with Gasteiger partial charge >= 0.3 is 0 Å². The molecule has 2 atom stereocenters. The van der Waals surface area contributed by atoms with Crippen LogP contribution in [0.5, 0.6) is 0 Å². The Kier molecular flexibility index (Phi) is 26.3. The van der Waals surface area contributed by atoms with E-state index in [1.807, 2.05) is 6.92 Å². The lowest BCUT2D eigenvalue weighted by Crippen LogP contribution is -2.43. The quantitative estimate of drug-likeness (QED) is 0.142. The van der Waals surface area contributed by atoms with Crippen molar-refractivity contribution in [3.05, 3.63) is 59.7 Å². The second-order valence-electron chi connectivity index (χ2n) is 23.0. The molecule has 0 N–H and O–H groups in total. The van der Waals surface area contributed by atoms with E-state index in [4.69, 9.17) is 16.7 Å².